The predicted octanol–water partition coefficient (Wildman–Crippen LogP) is 3.91. The van der Waals surface area contributed by atoms with Crippen LogP contribution in [0.4, 0.5) is 4.39 Å². The quantitative estimate of drug-likeness (QED) is 0.867. The van der Waals surface area contributed by atoms with Crippen molar-refractivity contribution in [3.63, 3.8) is 0 Å². The van der Waals surface area contributed by atoms with E-state index in [0.717, 1.165) is 0 Å². The van der Waals surface area contributed by atoms with Crippen molar-refractivity contribution in [1.82, 2.24) is 0 Å². The zero-order valence-corrected chi connectivity index (χ0v) is 10.8. The fourth-order valence-electron chi connectivity index (χ4n) is 1.41. The molecule has 18 heavy (non-hydrogen) atoms. The molecule has 0 amide bonds. The number of rotatable bonds is 3. The smallest absolute Gasteiger partial charge is 0.165 e. The molecule has 2 rings (SSSR count). The molecule has 0 saturated carbocycles. The van der Waals surface area contributed by atoms with Crippen molar-refractivity contribution < 1.29 is 9.13 Å². The molecular formula is C13H9ClFNOS. The van der Waals surface area contributed by atoms with Crippen LogP contribution in [0.2, 0.25) is 5.02 Å². The van der Waals surface area contributed by atoms with Gasteiger partial charge in [0.2, 0.25) is 0 Å². The summed E-state index contributed by atoms with van der Waals surface area (Å²) in [5.74, 6) is 0.119. The van der Waals surface area contributed by atoms with Gasteiger partial charge in [0.25, 0.3) is 0 Å². The number of ether oxygens (including phenoxy) is 1. The molecular weight excluding hydrogens is 273 g/mol. The van der Waals surface area contributed by atoms with E-state index >= 15 is 0 Å². The van der Waals surface area contributed by atoms with Crippen molar-refractivity contribution in [1.29, 1.82) is 0 Å². The van der Waals surface area contributed by atoms with Gasteiger partial charge in [-0.25, -0.2) is 4.39 Å². The number of para-hydroxylation sites is 1. The van der Waals surface area contributed by atoms with Crippen molar-refractivity contribution in [3.8, 4) is 11.5 Å². The Bertz CT molecular complexity index is 603. The first kappa shape index (κ1) is 12.8. The van der Waals surface area contributed by atoms with Crippen LogP contribution in [0.25, 0.3) is 0 Å². The Morgan fingerprint density at radius 2 is 1.94 bits per heavy atom. The zero-order chi connectivity index (χ0) is 13.1. The topological polar surface area (TPSA) is 35.2 Å². The lowest BCUT2D eigenvalue weighted by Crippen LogP contribution is -2.09. The summed E-state index contributed by atoms with van der Waals surface area (Å²) in [6, 6.07) is 10.9. The zero-order valence-electron chi connectivity index (χ0n) is 9.19. The Balaban J connectivity index is 2.29. The van der Waals surface area contributed by atoms with Crippen molar-refractivity contribution in [2.75, 3.05) is 0 Å². The first-order valence-electron chi connectivity index (χ1n) is 5.09. The van der Waals surface area contributed by atoms with Crippen LogP contribution >= 0.6 is 23.8 Å². The van der Waals surface area contributed by atoms with Crippen molar-refractivity contribution >= 4 is 28.8 Å². The van der Waals surface area contributed by atoms with E-state index in [1.165, 1.54) is 12.1 Å². The molecule has 0 atom stereocenters. The van der Waals surface area contributed by atoms with Gasteiger partial charge in [0, 0.05) is 11.6 Å². The summed E-state index contributed by atoms with van der Waals surface area (Å²) >= 11 is 10.8. The van der Waals surface area contributed by atoms with E-state index in [9.17, 15) is 4.39 Å². The molecule has 2 aromatic rings. The van der Waals surface area contributed by atoms with Crippen molar-refractivity contribution in [2.24, 2.45) is 5.73 Å². The summed E-state index contributed by atoms with van der Waals surface area (Å²) in [7, 11) is 0. The fraction of sp³-hybridized carbons (Fsp3) is 0. The maximum absolute atomic E-state index is 13.4. The standard InChI is InChI=1S/C13H9ClFNOS/c14-10-7-8(5-6-9(10)13(16)18)17-12-4-2-1-3-11(12)15/h1-7H,(H2,16,18). The van der Waals surface area contributed by atoms with Crippen molar-refractivity contribution in [3.05, 3.63) is 58.9 Å². The molecule has 0 spiro atoms. The molecule has 0 fully saturated rings. The normalized spacial score (nSPS) is 10.1. The van der Waals surface area contributed by atoms with E-state index in [2.05, 4.69) is 0 Å². The highest BCUT2D eigenvalue weighted by Gasteiger charge is 2.07. The molecule has 0 radical (unpaired) electrons. The second kappa shape index (κ2) is 5.33. The Labute approximate surface area is 114 Å². The van der Waals surface area contributed by atoms with Crippen LogP contribution in [0.15, 0.2) is 42.5 Å². The monoisotopic (exact) mass is 281 g/mol. The maximum Gasteiger partial charge on any atom is 0.165 e. The molecule has 0 aliphatic rings. The van der Waals surface area contributed by atoms with Gasteiger partial charge in [-0.2, -0.15) is 0 Å². The first-order valence-corrected chi connectivity index (χ1v) is 5.88. The molecule has 0 aromatic heterocycles. The fourth-order valence-corrected chi connectivity index (χ4v) is 1.92. The third-order valence-corrected chi connectivity index (χ3v) is 2.80. The van der Waals surface area contributed by atoms with Gasteiger partial charge in [-0.15, -0.1) is 0 Å². The third-order valence-electron chi connectivity index (χ3n) is 2.27. The lowest BCUT2D eigenvalue weighted by atomic mass is 10.2. The molecule has 0 aliphatic carbocycles. The van der Waals surface area contributed by atoms with E-state index in [0.29, 0.717) is 16.3 Å². The summed E-state index contributed by atoms with van der Waals surface area (Å²) in [5, 5.41) is 0.372. The molecule has 2 N–H and O–H groups in total. The number of nitrogens with two attached hydrogens (primary N) is 1. The number of hydrogen-bond acceptors (Lipinski definition) is 2. The molecule has 0 unspecified atom stereocenters. The van der Waals surface area contributed by atoms with Gasteiger partial charge >= 0.3 is 0 Å². The number of benzene rings is 2. The highest BCUT2D eigenvalue weighted by Crippen LogP contribution is 2.28. The van der Waals surface area contributed by atoms with E-state index in [4.69, 9.17) is 34.3 Å². The minimum absolute atomic E-state index is 0.136. The second-order valence-corrected chi connectivity index (χ2v) is 4.39. The summed E-state index contributed by atoms with van der Waals surface area (Å²) < 4.78 is 18.8. The van der Waals surface area contributed by atoms with E-state index in [1.807, 2.05) is 0 Å². The first-order chi connectivity index (χ1) is 8.58. The Morgan fingerprint density at radius 3 is 2.56 bits per heavy atom. The number of hydrogen-bond donors (Lipinski definition) is 1. The molecule has 0 heterocycles. The van der Waals surface area contributed by atoms with Crippen LogP contribution in [0.5, 0.6) is 11.5 Å². The average Bonchev–Trinajstić information content (AvgIpc) is 2.32. The van der Waals surface area contributed by atoms with Gasteiger partial charge < -0.3 is 10.5 Å². The summed E-state index contributed by atoms with van der Waals surface area (Å²) in [4.78, 5) is 0.206. The van der Waals surface area contributed by atoms with Gasteiger partial charge in [-0.05, 0) is 24.3 Å². The molecule has 2 aromatic carbocycles. The van der Waals surface area contributed by atoms with Gasteiger partial charge in [0.05, 0.1) is 5.02 Å². The van der Waals surface area contributed by atoms with Gasteiger partial charge in [-0.1, -0.05) is 36.0 Å². The van der Waals surface area contributed by atoms with E-state index < -0.39 is 5.82 Å². The van der Waals surface area contributed by atoms with E-state index in [1.54, 1.807) is 30.3 Å². The van der Waals surface area contributed by atoms with Crippen LogP contribution in [0.3, 0.4) is 0 Å². The molecule has 92 valence electrons. The summed E-state index contributed by atoms with van der Waals surface area (Å²) in [5.41, 5.74) is 6.05. The Morgan fingerprint density at radius 1 is 1.22 bits per heavy atom. The molecule has 0 saturated heterocycles. The lowest BCUT2D eigenvalue weighted by molar-refractivity contribution is 0.442. The van der Waals surface area contributed by atoms with Gasteiger partial charge in [0.1, 0.15) is 10.7 Å². The van der Waals surface area contributed by atoms with Gasteiger partial charge in [-0.3, -0.25) is 0 Å². The Hall–Kier alpha value is -1.65. The third kappa shape index (κ3) is 2.78. The van der Waals surface area contributed by atoms with E-state index in [-0.39, 0.29) is 10.7 Å². The summed E-state index contributed by atoms with van der Waals surface area (Å²) in [6.45, 7) is 0. The largest absolute Gasteiger partial charge is 0.454 e. The SMILES string of the molecule is NC(=S)c1ccc(Oc2ccccc2F)cc1Cl. The van der Waals surface area contributed by atoms with Crippen LogP contribution < -0.4 is 10.5 Å². The lowest BCUT2D eigenvalue weighted by Gasteiger charge is -2.08. The van der Waals surface area contributed by atoms with Crippen molar-refractivity contribution in [2.45, 2.75) is 0 Å². The van der Waals surface area contributed by atoms with Crippen LogP contribution in [0.1, 0.15) is 5.56 Å². The second-order valence-electron chi connectivity index (χ2n) is 3.54. The minimum Gasteiger partial charge on any atom is -0.454 e. The van der Waals surface area contributed by atoms with Crippen LogP contribution in [0, 0.1) is 5.82 Å². The molecule has 2 nitrogen and oxygen atoms in total. The molecule has 0 aliphatic heterocycles. The average molecular weight is 282 g/mol. The summed E-state index contributed by atoms with van der Waals surface area (Å²) in [6.07, 6.45) is 0. The Kier molecular flexibility index (Phi) is 3.79. The number of halogens is 2. The van der Waals surface area contributed by atoms with Crippen LogP contribution in [-0.2, 0) is 0 Å². The maximum atomic E-state index is 13.4. The number of thiocarbonyl (C=S) groups is 1. The van der Waals surface area contributed by atoms with Gasteiger partial charge in [0.15, 0.2) is 11.6 Å². The minimum atomic E-state index is -0.438. The molecule has 0 bridgehead atoms. The van der Waals surface area contributed by atoms with Crippen LogP contribution in [-0.4, -0.2) is 4.99 Å². The predicted molar refractivity (Wildman–Crippen MR) is 73.8 cm³/mol. The highest BCUT2D eigenvalue weighted by molar-refractivity contribution is 7.80. The highest BCUT2D eigenvalue weighted by atomic mass is 35.5. The molecule has 5 heteroatoms.